The molecule has 10 nitrogen and oxygen atoms in total. The molecule has 1 saturated heterocycles. The minimum absolute atomic E-state index is 0.0122. The highest BCUT2D eigenvalue weighted by molar-refractivity contribution is 7.09. The van der Waals surface area contributed by atoms with Gasteiger partial charge in [0.15, 0.2) is 0 Å². The summed E-state index contributed by atoms with van der Waals surface area (Å²) in [4.78, 5) is 30.9. The standard InChI is InChI=1S/C30H26FN7O3S/c31-24-12-20(14-32)4-5-22(24)18-41-29-3-1-2-27(35-29)37-10-8-36(9-11-37)17-28-34-25-7-6-21(30(39)40)13-26(25)38(28)16-23-15-33-19-42-23/h1-7,12-13,15,19H,8-11,16-18H2,(H,39,40). The minimum atomic E-state index is -0.968. The number of nitriles is 1. The number of thiazole rings is 1. The Balaban J connectivity index is 1.12. The Kier molecular flexibility index (Phi) is 7.76. The Labute approximate surface area is 244 Å². The smallest absolute Gasteiger partial charge is 0.335 e. The lowest BCUT2D eigenvalue weighted by atomic mass is 10.1. The quantitative estimate of drug-likeness (QED) is 0.267. The molecular formula is C30H26FN7O3S. The number of fused-ring (bicyclic) bond motifs is 1. The van der Waals surface area contributed by atoms with E-state index in [-0.39, 0.29) is 17.7 Å². The summed E-state index contributed by atoms with van der Waals surface area (Å²) < 4.78 is 22.1. The highest BCUT2D eigenvalue weighted by atomic mass is 32.1. The molecule has 1 aliphatic rings. The molecule has 6 rings (SSSR count). The maximum absolute atomic E-state index is 14.2. The molecule has 0 atom stereocenters. The van der Waals surface area contributed by atoms with Gasteiger partial charge in [-0.3, -0.25) is 9.88 Å². The van der Waals surface area contributed by atoms with Gasteiger partial charge in [-0.25, -0.2) is 14.2 Å². The predicted octanol–water partition coefficient (Wildman–Crippen LogP) is 4.55. The molecule has 0 spiro atoms. The van der Waals surface area contributed by atoms with E-state index in [0.717, 1.165) is 53.7 Å². The van der Waals surface area contributed by atoms with Gasteiger partial charge in [-0.1, -0.05) is 12.1 Å². The summed E-state index contributed by atoms with van der Waals surface area (Å²) in [6.45, 7) is 4.27. The molecule has 0 amide bonds. The number of aromatic carboxylic acids is 1. The van der Waals surface area contributed by atoms with Crippen LogP contribution >= 0.6 is 11.3 Å². The maximum atomic E-state index is 14.2. The molecule has 1 N–H and O–H groups in total. The van der Waals surface area contributed by atoms with Crippen LogP contribution in [-0.4, -0.2) is 61.7 Å². The highest BCUT2D eigenvalue weighted by Crippen LogP contribution is 2.24. The third kappa shape index (κ3) is 5.93. The molecular weight excluding hydrogens is 557 g/mol. The number of carboxylic acid groups (broad SMARTS) is 1. The number of hydrogen-bond acceptors (Lipinski definition) is 9. The van der Waals surface area contributed by atoms with Crippen LogP contribution in [0.4, 0.5) is 10.2 Å². The van der Waals surface area contributed by atoms with Crippen molar-refractivity contribution in [3.8, 4) is 11.9 Å². The van der Waals surface area contributed by atoms with Crippen LogP contribution in [0.2, 0.25) is 0 Å². The predicted molar refractivity (Wildman–Crippen MR) is 155 cm³/mol. The SMILES string of the molecule is N#Cc1ccc(COc2cccc(N3CCN(Cc4nc5ccc(C(=O)O)cc5n4Cc4cncs4)CC3)n2)c(F)c1. The molecule has 0 bridgehead atoms. The first-order chi connectivity index (χ1) is 20.5. The molecule has 0 saturated carbocycles. The van der Waals surface area contributed by atoms with Gasteiger partial charge in [0.1, 0.15) is 24.1 Å². The van der Waals surface area contributed by atoms with Crippen molar-refractivity contribution in [3.05, 3.63) is 99.5 Å². The van der Waals surface area contributed by atoms with E-state index in [4.69, 9.17) is 15.0 Å². The zero-order valence-corrected chi connectivity index (χ0v) is 23.3. The summed E-state index contributed by atoms with van der Waals surface area (Å²) in [5.41, 5.74) is 4.19. The van der Waals surface area contributed by atoms with Crippen LogP contribution in [-0.2, 0) is 19.7 Å². The van der Waals surface area contributed by atoms with Crippen LogP contribution in [0.3, 0.4) is 0 Å². The first-order valence-electron chi connectivity index (χ1n) is 13.3. The normalized spacial score (nSPS) is 13.8. The number of anilines is 1. The van der Waals surface area contributed by atoms with Gasteiger partial charge < -0.3 is 19.3 Å². The van der Waals surface area contributed by atoms with E-state index in [1.54, 1.807) is 53.2 Å². The number of carboxylic acids is 1. The number of benzene rings is 2. The van der Waals surface area contributed by atoms with E-state index in [1.807, 2.05) is 24.4 Å². The first-order valence-corrected chi connectivity index (χ1v) is 14.2. The Morgan fingerprint density at radius 2 is 1.93 bits per heavy atom. The molecule has 1 aliphatic heterocycles. The second-order valence-electron chi connectivity index (χ2n) is 9.89. The van der Waals surface area contributed by atoms with Crippen LogP contribution in [0.5, 0.6) is 5.88 Å². The maximum Gasteiger partial charge on any atom is 0.335 e. The van der Waals surface area contributed by atoms with Gasteiger partial charge in [-0.15, -0.1) is 11.3 Å². The number of pyridine rings is 1. The lowest BCUT2D eigenvalue weighted by Gasteiger charge is -2.35. The molecule has 1 fully saturated rings. The van der Waals surface area contributed by atoms with Gasteiger partial charge in [-0.2, -0.15) is 10.2 Å². The zero-order chi connectivity index (χ0) is 29.1. The summed E-state index contributed by atoms with van der Waals surface area (Å²) in [6, 6.07) is 16.8. The van der Waals surface area contributed by atoms with Crippen LogP contribution in [0.1, 0.15) is 32.2 Å². The van der Waals surface area contributed by atoms with Crippen molar-refractivity contribution in [2.75, 3.05) is 31.1 Å². The average Bonchev–Trinajstić information content (AvgIpc) is 3.65. The van der Waals surface area contributed by atoms with Crippen molar-refractivity contribution >= 4 is 34.2 Å². The highest BCUT2D eigenvalue weighted by Gasteiger charge is 2.22. The summed E-state index contributed by atoms with van der Waals surface area (Å²) >= 11 is 1.55. The molecule has 0 aliphatic carbocycles. The van der Waals surface area contributed by atoms with Crippen molar-refractivity contribution in [1.82, 2.24) is 24.4 Å². The van der Waals surface area contributed by atoms with E-state index in [9.17, 15) is 14.3 Å². The van der Waals surface area contributed by atoms with Gasteiger partial charge in [0, 0.05) is 48.9 Å². The average molecular weight is 584 g/mol. The Hall–Kier alpha value is -4.86. The van der Waals surface area contributed by atoms with Gasteiger partial charge in [-0.05, 0) is 36.4 Å². The number of aromatic nitrogens is 4. The van der Waals surface area contributed by atoms with E-state index < -0.39 is 11.8 Å². The number of imidazole rings is 1. The second-order valence-corrected chi connectivity index (χ2v) is 10.9. The number of carbonyl (C=O) groups is 1. The monoisotopic (exact) mass is 583 g/mol. The molecule has 5 aromatic rings. The Morgan fingerprint density at radius 1 is 1.07 bits per heavy atom. The number of ether oxygens (including phenoxy) is 1. The van der Waals surface area contributed by atoms with Crippen molar-refractivity contribution in [2.45, 2.75) is 19.7 Å². The van der Waals surface area contributed by atoms with Gasteiger partial charge in [0.2, 0.25) is 5.88 Å². The third-order valence-electron chi connectivity index (χ3n) is 7.20. The second kappa shape index (κ2) is 11.9. The molecule has 3 aromatic heterocycles. The molecule has 212 valence electrons. The van der Waals surface area contributed by atoms with Crippen LogP contribution in [0.15, 0.2) is 66.3 Å². The molecule has 2 aromatic carbocycles. The number of hydrogen-bond donors (Lipinski definition) is 1. The van der Waals surface area contributed by atoms with Crippen molar-refractivity contribution < 1.29 is 19.0 Å². The molecule has 12 heteroatoms. The summed E-state index contributed by atoms with van der Waals surface area (Å²) in [6.07, 6.45) is 1.83. The van der Waals surface area contributed by atoms with Gasteiger partial charge in [0.05, 0.1) is 46.8 Å². The van der Waals surface area contributed by atoms with E-state index in [1.165, 1.54) is 6.07 Å². The number of halogens is 1. The fourth-order valence-electron chi connectivity index (χ4n) is 4.96. The van der Waals surface area contributed by atoms with Gasteiger partial charge >= 0.3 is 5.97 Å². The molecule has 4 heterocycles. The molecule has 0 unspecified atom stereocenters. The summed E-state index contributed by atoms with van der Waals surface area (Å²) in [5, 5.41) is 18.4. The van der Waals surface area contributed by atoms with Crippen molar-refractivity contribution in [1.29, 1.82) is 5.26 Å². The van der Waals surface area contributed by atoms with Crippen molar-refractivity contribution in [3.63, 3.8) is 0 Å². The fraction of sp³-hybridized carbons (Fsp3) is 0.233. The summed E-state index contributed by atoms with van der Waals surface area (Å²) in [5.74, 6) is 0.606. The molecule has 42 heavy (non-hydrogen) atoms. The lowest BCUT2D eigenvalue weighted by molar-refractivity contribution is 0.0697. The minimum Gasteiger partial charge on any atom is -0.478 e. The van der Waals surface area contributed by atoms with E-state index >= 15 is 0 Å². The van der Waals surface area contributed by atoms with Crippen LogP contribution in [0.25, 0.3) is 11.0 Å². The fourth-order valence-corrected chi connectivity index (χ4v) is 5.54. The van der Waals surface area contributed by atoms with Crippen LogP contribution < -0.4 is 9.64 Å². The van der Waals surface area contributed by atoms with E-state index in [2.05, 4.69) is 24.3 Å². The first kappa shape index (κ1) is 27.3. The largest absolute Gasteiger partial charge is 0.478 e. The van der Waals surface area contributed by atoms with Gasteiger partial charge in [0.25, 0.3) is 0 Å². The molecule has 0 radical (unpaired) electrons. The number of piperazine rings is 1. The van der Waals surface area contributed by atoms with Crippen molar-refractivity contribution in [2.24, 2.45) is 0 Å². The third-order valence-corrected chi connectivity index (χ3v) is 7.96. The lowest BCUT2D eigenvalue weighted by Crippen LogP contribution is -2.46. The number of nitrogens with zero attached hydrogens (tertiary/aromatic N) is 7. The topological polar surface area (TPSA) is 120 Å². The summed E-state index contributed by atoms with van der Waals surface area (Å²) in [7, 11) is 0. The van der Waals surface area contributed by atoms with E-state index in [0.29, 0.717) is 24.5 Å². The van der Waals surface area contributed by atoms with Crippen LogP contribution in [0, 0.1) is 17.1 Å². The number of rotatable bonds is 9. The zero-order valence-electron chi connectivity index (χ0n) is 22.5. The Morgan fingerprint density at radius 3 is 2.67 bits per heavy atom. The Bertz CT molecular complexity index is 1780.